The van der Waals surface area contributed by atoms with E-state index in [1.807, 2.05) is 30.3 Å². The lowest BCUT2D eigenvalue weighted by Gasteiger charge is -2.04. The lowest BCUT2D eigenvalue weighted by Crippen LogP contribution is -2.13. The molecule has 26 heavy (non-hydrogen) atoms. The molecule has 0 saturated heterocycles. The van der Waals surface area contributed by atoms with Crippen LogP contribution in [-0.4, -0.2) is 22.3 Å². The molecule has 0 amide bonds. The van der Waals surface area contributed by atoms with Crippen LogP contribution in [0.15, 0.2) is 62.6 Å². The second kappa shape index (κ2) is 6.07. The van der Waals surface area contributed by atoms with Crippen molar-refractivity contribution in [2.75, 3.05) is 4.72 Å². The zero-order valence-electron chi connectivity index (χ0n) is 13.4. The van der Waals surface area contributed by atoms with Crippen molar-refractivity contribution < 1.29 is 12.8 Å². The van der Waals surface area contributed by atoms with Crippen LogP contribution in [0.4, 0.5) is 5.95 Å². The Balaban J connectivity index is 1.65. The first-order valence-electron chi connectivity index (χ1n) is 7.45. The summed E-state index contributed by atoms with van der Waals surface area (Å²) >= 11 is 1.10. The van der Waals surface area contributed by atoms with Crippen molar-refractivity contribution in [1.82, 2.24) is 13.9 Å². The number of nitrogens with one attached hydrogen (secondary N) is 1. The molecule has 0 fully saturated rings. The fourth-order valence-corrected chi connectivity index (χ4v) is 4.07. The molecule has 0 bridgehead atoms. The predicted molar refractivity (Wildman–Crippen MR) is 97.6 cm³/mol. The molecular weight excluding hydrogens is 376 g/mol. The molecule has 4 aromatic rings. The van der Waals surface area contributed by atoms with Crippen LogP contribution in [0.5, 0.6) is 0 Å². The molecule has 2 aromatic heterocycles. The van der Waals surface area contributed by atoms with Crippen molar-refractivity contribution in [2.24, 2.45) is 7.05 Å². The molecule has 1 N–H and O–H groups in total. The number of hydrogen-bond acceptors (Lipinski definition) is 7. The normalized spacial score (nSPS) is 11.7. The van der Waals surface area contributed by atoms with Crippen LogP contribution >= 0.6 is 11.5 Å². The fraction of sp³-hybridized carbons (Fsp3) is 0.0625. The molecule has 0 atom stereocenters. The second-order valence-electron chi connectivity index (χ2n) is 5.45. The standard InChI is InChI=1S/C16H12N4O4S2/c1-20-12-8-7-11(9-13(12)24-16(20)21)26(22,23)19-15-17-14(25-18-15)10-5-3-2-4-6-10/h2-9H,1H3,(H,18,19). The van der Waals surface area contributed by atoms with Gasteiger partial charge in [-0.05, 0) is 23.7 Å². The van der Waals surface area contributed by atoms with Gasteiger partial charge < -0.3 is 4.42 Å². The Morgan fingerprint density at radius 2 is 1.92 bits per heavy atom. The summed E-state index contributed by atoms with van der Waals surface area (Å²) in [7, 11) is -2.37. The Bertz CT molecular complexity index is 1260. The van der Waals surface area contributed by atoms with Gasteiger partial charge in [0, 0.05) is 18.7 Å². The highest BCUT2D eigenvalue weighted by atomic mass is 32.2. The molecule has 4 rings (SSSR count). The number of aryl methyl sites for hydroxylation is 1. The molecule has 10 heteroatoms. The molecule has 8 nitrogen and oxygen atoms in total. The fourth-order valence-electron chi connectivity index (χ4n) is 2.42. The zero-order valence-corrected chi connectivity index (χ0v) is 15.0. The first-order chi connectivity index (χ1) is 12.4. The van der Waals surface area contributed by atoms with Gasteiger partial charge in [0.2, 0.25) is 5.95 Å². The van der Waals surface area contributed by atoms with Gasteiger partial charge in [0.05, 0.1) is 10.4 Å². The molecule has 0 saturated carbocycles. The van der Waals surface area contributed by atoms with Crippen molar-refractivity contribution in [3.63, 3.8) is 0 Å². The van der Waals surface area contributed by atoms with E-state index in [0.717, 1.165) is 17.1 Å². The Morgan fingerprint density at radius 1 is 1.15 bits per heavy atom. The van der Waals surface area contributed by atoms with Crippen molar-refractivity contribution in [1.29, 1.82) is 0 Å². The largest absolute Gasteiger partial charge is 0.419 e. The van der Waals surface area contributed by atoms with E-state index in [-0.39, 0.29) is 16.4 Å². The molecule has 132 valence electrons. The lowest BCUT2D eigenvalue weighted by molar-refractivity contribution is 0.527. The summed E-state index contributed by atoms with van der Waals surface area (Å²) < 4.78 is 37.9. The Morgan fingerprint density at radius 3 is 2.69 bits per heavy atom. The molecule has 2 heterocycles. The summed E-state index contributed by atoms with van der Waals surface area (Å²) in [5, 5.41) is 0.604. The van der Waals surface area contributed by atoms with E-state index >= 15 is 0 Å². The summed E-state index contributed by atoms with van der Waals surface area (Å²) in [4.78, 5) is 15.7. The highest BCUT2D eigenvalue weighted by Crippen LogP contribution is 2.24. The number of rotatable bonds is 4. The van der Waals surface area contributed by atoms with E-state index in [9.17, 15) is 13.2 Å². The maximum atomic E-state index is 12.6. The van der Waals surface area contributed by atoms with Gasteiger partial charge in [-0.3, -0.25) is 4.57 Å². The highest BCUT2D eigenvalue weighted by molar-refractivity contribution is 7.92. The first kappa shape index (κ1) is 16.5. The minimum Gasteiger partial charge on any atom is -0.408 e. The third kappa shape index (κ3) is 2.89. The van der Waals surface area contributed by atoms with E-state index in [1.54, 1.807) is 7.05 Å². The van der Waals surface area contributed by atoms with E-state index < -0.39 is 15.8 Å². The summed E-state index contributed by atoms with van der Waals surface area (Å²) in [5.41, 5.74) is 1.55. The van der Waals surface area contributed by atoms with E-state index in [0.29, 0.717) is 10.5 Å². The zero-order chi connectivity index (χ0) is 18.3. The molecule has 0 aliphatic rings. The van der Waals surface area contributed by atoms with Crippen LogP contribution in [0.3, 0.4) is 0 Å². The van der Waals surface area contributed by atoms with Gasteiger partial charge in [0.15, 0.2) is 5.58 Å². The Kier molecular flexibility index (Phi) is 3.85. The molecule has 0 radical (unpaired) electrons. The maximum Gasteiger partial charge on any atom is 0.419 e. The van der Waals surface area contributed by atoms with Gasteiger partial charge in [0.25, 0.3) is 10.0 Å². The van der Waals surface area contributed by atoms with Crippen LogP contribution < -0.4 is 10.5 Å². The van der Waals surface area contributed by atoms with Crippen LogP contribution in [-0.2, 0) is 17.1 Å². The summed E-state index contributed by atoms with van der Waals surface area (Å²) in [6.07, 6.45) is 0. The first-order valence-corrected chi connectivity index (χ1v) is 9.71. The molecular formula is C16H12N4O4S2. The van der Waals surface area contributed by atoms with Gasteiger partial charge >= 0.3 is 5.76 Å². The second-order valence-corrected chi connectivity index (χ2v) is 7.89. The van der Waals surface area contributed by atoms with Crippen molar-refractivity contribution >= 4 is 38.6 Å². The molecule has 0 spiro atoms. The average Bonchev–Trinajstić information content (AvgIpc) is 3.20. The van der Waals surface area contributed by atoms with Gasteiger partial charge in [-0.2, -0.15) is 9.36 Å². The van der Waals surface area contributed by atoms with Crippen molar-refractivity contribution in [2.45, 2.75) is 4.90 Å². The number of anilines is 1. The smallest absolute Gasteiger partial charge is 0.408 e. The van der Waals surface area contributed by atoms with Crippen LogP contribution in [0, 0.1) is 0 Å². The van der Waals surface area contributed by atoms with Gasteiger partial charge in [-0.25, -0.2) is 17.9 Å². The minimum absolute atomic E-state index is 0.0107. The van der Waals surface area contributed by atoms with Gasteiger partial charge in [-0.1, -0.05) is 30.3 Å². The van der Waals surface area contributed by atoms with Crippen LogP contribution in [0.1, 0.15) is 0 Å². The molecule has 2 aromatic carbocycles. The van der Waals surface area contributed by atoms with Crippen molar-refractivity contribution in [3.05, 3.63) is 59.1 Å². The van der Waals surface area contributed by atoms with Crippen LogP contribution in [0.25, 0.3) is 21.7 Å². The molecule has 0 aliphatic heterocycles. The summed E-state index contributed by atoms with van der Waals surface area (Å²) in [5.74, 6) is -0.570. The summed E-state index contributed by atoms with van der Waals surface area (Å²) in [6.45, 7) is 0. The number of sulfonamides is 1. The third-order valence-corrected chi connectivity index (χ3v) is 5.84. The molecule has 0 aliphatic carbocycles. The average molecular weight is 388 g/mol. The predicted octanol–water partition coefficient (Wildman–Crippen LogP) is 2.45. The quantitative estimate of drug-likeness (QED) is 0.575. The summed E-state index contributed by atoms with van der Waals surface area (Å²) in [6, 6.07) is 13.5. The Labute approximate surface area is 152 Å². The molecule has 0 unspecified atom stereocenters. The minimum atomic E-state index is -3.92. The van der Waals surface area contributed by atoms with E-state index in [2.05, 4.69) is 14.1 Å². The number of benzene rings is 2. The third-order valence-electron chi connectivity index (χ3n) is 3.75. The lowest BCUT2D eigenvalue weighted by atomic mass is 10.2. The topological polar surface area (TPSA) is 107 Å². The number of aromatic nitrogens is 3. The van der Waals surface area contributed by atoms with Crippen LogP contribution in [0.2, 0.25) is 0 Å². The van der Waals surface area contributed by atoms with E-state index in [4.69, 9.17) is 4.42 Å². The number of oxazole rings is 1. The Hall–Kier alpha value is -2.98. The van der Waals surface area contributed by atoms with Gasteiger partial charge in [0.1, 0.15) is 5.01 Å². The van der Waals surface area contributed by atoms with Gasteiger partial charge in [-0.15, -0.1) is 0 Å². The highest BCUT2D eigenvalue weighted by Gasteiger charge is 2.19. The number of hydrogen-bond donors (Lipinski definition) is 1. The number of nitrogens with zero attached hydrogens (tertiary/aromatic N) is 3. The SMILES string of the molecule is Cn1c(=O)oc2cc(S(=O)(=O)Nc3nsc(-c4ccccc4)n3)ccc21. The number of fused-ring (bicyclic) bond motifs is 1. The maximum absolute atomic E-state index is 12.6. The van der Waals surface area contributed by atoms with E-state index in [1.165, 1.54) is 22.8 Å². The van der Waals surface area contributed by atoms with Crippen molar-refractivity contribution in [3.8, 4) is 10.6 Å². The monoisotopic (exact) mass is 388 g/mol.